The number of fused-ring (bicyclic) bond motifs is 2. The zero-order valence-corrected chi connectivity index (χ0v) is 11.0. The summed E-state index contributed by atoms with van der Waals surface area (Å²) in [5, 5.41) is 2.82. The summed E-state index contributed by atoms with van der Waals surface area (Å²) < 4.78 is 14.1. The molecule has 0 unspecified atom stereocenters. The Labute approximate surface area is 117 Å². The van der Waals surface area contributed by atoms with Crippen LogP contribution in [-0.4, -0.2) is 17.4 Å². The summed E-state index contributed by atoms with van der Waals surface area (Å²) in [4.78, 5) is 13.8. The molecule has 1 aromatic carbocycles. The highest BCUT2D eigenvalue weighted by atomic mass is 19.1. The van der Waals surface area contributed by atoms with Gasteiger partial charge in [0.25, 0.3) is 0 Å². The van der Waals surface area contributed by atoms with E-state index in [0.29, 0.717) is 18.7 Å². The average molecular weight is 270 g/mol. The number of carbonyl (C=O) groups excluding carboxylic acids is 1. The van der Waals surface area contributed by atoms with E-state index < -0.39 is 0 Å². The van der Waals surface area contributed by atoms with E-state index in [0.717, 1.165) is 11.3 Å². The van der Waals surface area contributed by atoms with Crippen LogP contribution in [0.25, 0.3) is 0 Å². The molecule has 0 saturated carbocycles. The highest BCUT2D eigenvalue weighted by molar-refractivity contribution is 5.79. The Bertz CT molecular complexity index is 631. The number of nitrogens with one attached hydrogen (secondary N) is 1. The van der Waals surface area contributed by atoms with Crippen LogP contribution in [0.4, 0.5) is 4.39 Å². The maximum absolute atomic E-state index is 14.1. The first-order valence-electron chi connectivity index (χ1n) is 6.58. The van der Waals surface area contributed by atoms with Gasteiger partial charge in [-0.2, -0.15) is 0 Å². The molecule has 0 bridgehead atoms. The van der Waals surface area contributed by atoms with Crippen molar-refractivity contribution in [2.75, 3.05) is 6.54 Å². The van der Waals surface area contributed by atoms with Crippen molar-refractivity contribution in [2.24, 2.45) is 0 Å². The summed E-state index contributed by atoms with van der Waals surface area (Å²) in [5.41, 5.74) is 2.28. The van der Waals surface area contributed by atoms with Crippen LogP contribution in [0.5, 0.6) is 0 Å². The third-order valence-electron chi connectivity index (χ3n) is 3.48. The van der Waals surface area contributed by atoms with Crippen LogP contribution >= 0.6 is 0 Å². The fraction of sp³-hybridized carbons (Fsp3) is 0.188. The van der Waals surface area contributed by atoms with Crippen molar-refractivity contribution in [1.82, 2.24) is 10.2 Å². The van der Waals surface area contributed by atoms with Crippen LogP contribution in [0.15, 0.2) is 54.4 Å². The molecule has 1 aromatic rings. The van der Waals surface area contributed by atoms with Gasteiger partial charge in [-0.25, -0.2) is 4.39 Å². The molecule has 0 saturated heterocycles. The Morgan fingerprint density at radius 2 is 2.15 bits per heavy atom. The molecule has 1 N–H and O–H groups in total. The number of allylic oxidation sites excluding steroid dienone is 3. The van der Waals surface area contributed by atoms with E-state index in [9.17, 15) is 9.18 Å². The van der Waals surface area contributed by atoms with Gasteiger partial charge in [-0.15, -0.1) is 0 Å². The van der Waals surface area contributed by atoms with Crippen molar-refractivity contribution in [3.63, 3.8) is 0 Å². The number of carbonyl (C=O) groups is 1. The fourth-order valence-electron chi connectivity index (χ4n) is 2.44. The van der Waals surface area contributed by atoms with E-state index in [1.807, 2.05) is 41.5 Å². The molecule has 4 heteroatoms. The predicted octanol–water partition coefficient (Wildman–Crippen LogP) is 2.27. The van der Waals surface area contributed by atoms with E-state index in [1.54, 1.807) is 6.07 Å². The maximum atomic E-state index is 14.1. The number of rotatable bonds is 0. The molecule has 102 valence electrons. The Morgan fingerprint density at radius 1 is 1.25 bits per heavy atom. The van der Waals surface area contributed by atoms with Crippen molar-refractivity contribution in [1.29, 1.82) is 0 Å². The summed E-state index contributed by atoms with van der Waals surface area (Å²) in [6.45, 7) is 0.912. The molecule has 2 heterocycles. The molecule has 3 nitrogen and oxygen atoms in total. The summed E-state index contributed by atoms with van der Waals surface area (Å²) in [6.07, 6.45) is 9.87. The van der Waals surface area contributed by atoms with Gasteiger partial charge in [0.2, 0.25) is 5.91 Å². The minimum absolute atomic E-state index is 0.0857. The molecule has 0 atom stereocenters. The first-order valence-corrected chi connectivity index (χ1v) is 6.58. The zero-order chi connectivity index (χ0) is 13.9. The lowest BCUT2D eigenvalue weighted by molar-refractivity contribution is -0.120. The van der Waals surface area contributed by atoms with E-state index in [4.69, 9.17) is 0 Å². The molecule has 20 heavy (non-hydrogen) atoms. The molecule has 2 aliphatic rings. The first-order chi connectivity index (χ1) is 9.74. The normalized spacial score (nSPS) is 20.6. The van der Waals surface area contributed by atoms with Gasteiger partial charge < -0.3 is 10.2 Å². The van der Waals surface area contributed by atoms with Crippen LogP contribution in [0.3, 0.4) is 0 Å². The Kier molecular flexibility index (Phi) is 3.37. The van der Waals surface area contributed by atoms with Crippen LogP contribution < -0.4 is 5.32 Å². The summed E-state index contributed by atoms with van der Waals surface area (Å²) in [7, 11) is 0. The van der Waals surface area contributed by atoms with Crippen LogP contribution in [0.2, 0.25) is 0 Å². The topological polar surface area (TPSA) is 32.3 Å². The third-order valence-corrected chi connectivity index (χ3v) is 3.48. The van der Waals surface area contributed by atoms with E-state index >= 15 is 0 Å². The lowest BCUT2D eigenvalue weighted by Crippen LogP contribution is -2.29. The maximum Gasteiger partial charge on any atom is 0.224 e. The van der Waals surface area contributed by atoms with Crippen LogP contribution in [-0.2, 0) is 17.8 Å². The van der Waals surface area contributed by atoms with E-state index in [2.05, 4.69) is 5.32 Å². The standard InChI is InChI=1S/C16H15FN2O/c17-15-6-3-4-12-10-16(20)18-8-7-13-5-1-2-9-19(13)11-14(12)15/h1-7,9H,8,10-11H2,(H,18,20)/b13-7+. The van der Waals surface area contributed by atoms with Crippen molar-refractivity contribution in [3.8, 4) is 0 Å². The number of amides is 1. The average Bonchev–Trinajstić information content (AvgIpc) is 2.44. The molecular formula is C16H15FN2O. The van der Waals surface area contributed by atoms with E-state index in [-0.39, 0.29) is 18.1 Å². The van der Waals surface area contributed by atoms with Gasteiger partial charge in [-0.1, -0.05) is 18.2 Å². The van der Waals surface area contributed by atoms with Gasteiger partial charge in [0, 0.05) is 24.0 Å². The smallest absolute Gasteiger partial charge is 0.224 e. The largest absolute Gasteiger partial charge is 0.352 e. The quantitative estimate of drug-likeness (QED) is 0.784. The second-order valence-corrected chi connectivity index (χ2v) is 4.82. The van der Waals surface area contributed by atoms with Crippen LogP contribution in [0, 0.1) is 5.82 Å². The number of hydrogen-bond donors (Lipinski definition) is 1. The van der Waals surface area contributed by atoms with Crippen molar-refractivity contribution < 1.29 is 9.18 Å². The van der Waals surface area contributed by atoms with Gasteiger partial charge in [0.15, 0.2) is 0 Å². The van der Waals surface area contributed by atoms with Crippen molar-refractivity contribution in [3.05, 3.63) is 71.3 Å². The summed E-state index contributed by atoms with van der Waals surface area (Å²) in [6, 6.07) is 4.90. The Morgan fingerprint density at radius 3 is 3.05 bits per heavy atom. The SMILES string of the molecule is O=C1Cc2cccc(F)c2CN2C=CC=C/C2=C\CN1. The zero-order valence-electron chi connectivity index (χ0n) is 11.0. The second-order valence-electron chi connectivity index (χ2n) is 4.82. The molecule has 3 rings (SSSR count). The molecule has 1 amide bonds. The van der Waals surface area contributed by atoms with E-state index in [1.165, 1.54) is 6.07 Å². The molecule has 0 aliphatic carbocycles. The molecular weight excluding hydrogens is 255 g/mol. The Balaban J connectivity index is 2.04. The third kappa shape index (κ3) is 2.50. The lowest BCUT2D eigenvalue weighted by Gasteiger charge is -2.26. The van der Waals surface area contributed by atoms with Crippen LogP contribution in [0.1, 0.15) is 11.1 Å². The van der Waals surface area contributed by atoms with Gasteiger partial charge in [0.05, 0.1) is 13.0 Å². The van der Waals surface area contributed by atoms with Crippen molar-refractivity contribution in [2.45, 2.75) is 13.0 Å². The number of halogens is 1. The highest BCUT2D eigenvalue weighted by Crippen LogP contribution is 2.22. The summed E-state index contributed by atoms with van der Waals surface area (Å²) in [5.74, 6) is -0.351. The molecule has 0 radical (unpaired) electrons. The van der Waals surface area contributed by atoms with Crippen molar-refractivity contribution >= 4 is 5.91 Å². The molecule has 2 aliphatic heterocycles. The van der Waals surface area contributed by atoms with Gasteiger partial charge in [0.1, 0.15) is 5.82 Å². The minimum atomic E-state index is -0.266. The fourth-order valence-corrected chi connectivity index (χ4v) is 2.44. The monoisotopic (exact) mass is 270 g/mol. The number of nitrogens with zero attached hydrogens (tertiary/aromatic N) is 1. The second kappa shape index (κ2) is 5.33. The van der Waals surface area contributed by atoms with Gasteiger partial charge in [-0.05, 0) is 29.9 Å². The predicted molar refractivity (Wildman–Crippen MR) is 75.0 cm³/mol. The van der Waals surface area contributed by atoms with Gasteiger partial charge in [-0.3, -0.25) is 4.79 Å². The number of hydrogen-bond acceptors (Lipinski definition) is 2. The lowest BCUT2D eigenvalue weighted by atomic mass is 10.0. The minimum Gasteiger partial charge on any atom is -0.352 e. The molecule has 0 spiro atoms. The molecule has 0 fully saturated rings. The Hall–Kier alpha value is -2.36. The molecule has 0 aromatic heterocycles. The van der Waals surface area contributed by atoms with Gasteiger partial charge >= 0.3 is 0 Å². The highest BCUT2D eigenvalue weighted by Gasteiger charge is 2.17. The first kappa shape index (κ1) is 12.7. The summed E-state index contributed by atoms with van der Waals surface area (Å²) >= 11 is 0. The number of benzene rings is 1.